The van der Waals surface area contributed by atoms with Crippen molar-refractivity contribution in [1.82, 2.24) is 20.5 Å². The Morgan fingerprint density at radius 3 is 2.47 bits per heavy atom. The van der Waals surface area contributed by atoms with Gasteiger partial charge in [-0.15, -0.1) is 0 Å². The van der Waals surface area contributed by atoms with Gasteiger partial charge in [0.1, 0.15) is 12.1 Å². The summed E-state index contributed by atoms with van der Waals surface area (Å²) in [4.78, 5) is 45.9. The summed E-state index contributed by atoms with van der Waals surface area (Å²) in [5.74, 6) is -0.858. The zero-order valence-corrected chi connectivity index (χ0v) is 21.4. The first-order valence-corrected chi connectivity index (χ1v) is 13.1. The third-order valence-electron chi connectivity index (χ3n) is 7.71. The number of carbonyl (C=O) groups excluding carboxylic acids is 3. The number of H-pyrrole nitrogens is 1. The summed E-state index contributed by atoms with van der Waals surface area (Å²) in [6.07, 6.45) is 0.373. The third kappa shape index (κ3) is 3.95. The summed E-state index contributed by atoms with van der Waals surface area (Å²) < 4.78 is 0. The average Bonchev–Trinajstić information content (AvgIpc) is 3.46. The SMILES string of the molecule is CC(C)C(NC(=O)C1Cc2c([nH]c3ccccc23)C2c3ccccc3C(=O)N12)C(=O)NCc1ccccc1. The number of nitrogens with zero attached hydrogens (tertiary/aromatic N) is 1. The van der Waals surface area contributed by atoms with Crippen LogP contribution in [0.25, 0.3) is 10.9 Å². The standard InChI is InChI=1S/C31H30N4O3/c1-18(2)26(30(37)32-17-19-10-4-3-5-11-19)34-29(36)25-16-23-20-12-8-9-15-24(20)33-27(23)28-21-13-6-7-14-22(21)31(38)35(25)28/h3-15,18,25-26,28,33H,16-17H2,1-2H3,(H,32,37)(H,34,36). The van der Waals surface area contributed by atoms with Crippen molar-refractivity contribution in [2.24, 2.45) is 5.92 Å². The highest BCUT2D eigenvalue weighted by Gasteiger charge is 2.49. The van der Waals surface area contributed by atoms with Crippen molar-refractivity contribution in [2.45, 2.75) is 44.9 Å². The van der Waals surface area contributed by atoms with E-state index < -0.39 is 12.1 Å². The van der Waals surface area contributed by atoms with E-state index in [9.17, 15) is 14.4 Å². The number of hydrogen-bond donors (Lipinski definition) is 3. The molecule has 38 heavy (non-hydrogen) atoms. The molecule has 3 aromatic carbocycles. The molecule has 4 aromatic rings. The lowest BCUT2D eigenvalue weighted by Gasteiger charge is -2.38. The smallest absolute Gasteiger partial charge is 0.255 e. The maximum absolute atomic E-state index is 13.9. The van der Waals surface area contributed by atoms with Crippen LogP contribution in [0.4, 0.5) is 0 Å². The number of fused-ring (bicyclic) bond motifs is 7. The molecule has 3 N–H and O–H groups in total. The predicted molar refractivity (Wildman–Crippen MR) is 145 cm³/mol. The molecule has 6 rings (SSSR count). The van der Waals surface area contributed by atoms with Gasteiger partial charge in [0.15, 0.2) is 0 Å². The minimum Gasteiger partial charge on any atom is -0.356 e. The van der Waals surface area contributed by atoms with Crippen LogP contribution >= 0.6 is 0 Å². The first-order chi connectivity index (χ1) is 18.4. The van der Waals surface area contributed by atoms with Crippen molar-refractivity contribution in [3.63, 3.8) is 0 Å². The molecule has 3 amide bonds. The molecule has 0 fully saturated rings. The predicted octanol–water partition coefficient (Wildman–Crippen LogP) is 4.10. The van der Waals surface area contributed by atoms with Crippen LogP contribution in [-0.2, 0) is 22.6 Å². The van der Waals surface area contributed by atoms with Gasteiger partial charge in [0.2, 0.25) is 11.8 Å². The monoisotopic (exact) mass is 506 g/mol. The van der Waals surface area contributed by atoms with E-state index in [1.807, 2.05) is 92.7 Å². The van der Waals surface area contributed by atoms with Gasteiger partial charge in [0.05, 0.1) is 6.04 Å². The first kappa shape index (κ1) is 24.0. The van der Waals surface area contributed by atoms with Crippen LogP contribution in [0, 0.1) is 5.92 Å². The maximum Gasteiger partial charge on any atom is 0.255 e. The van der Waals surface area contributed by atoms with Crippen molar-refractivity contribution in [2.75, 3.05) is 0 Å². The fraction of sp³-hybridized carbons (Fsp3) is 0.258. The van der Waals surface area contributed by atoms with Gasteiger partial charge < -0.3 is 20.5 Å². The molecular formula is C31H30N4O3. The molecule has 0 aliphatic carbocycles. The molecule has 0 saturated carbocycles. The molecule has 2 aliphatic rings. The van der Waals surface area contributed by atoms with Crippen molar-refractivity contribution in [3.8, 4) is 0 Å². The average molecular weight is 507 g/mol. The highest BCUT2D eigenvalue weighted by molar-refractivity contribution is 6.04. The molecule has 0 spiro atoms. The Bertz CT molecular complexity index is 1540. The number of aromatic nitrogens is 1. The van der Waals surface area contributed by atoms with E-state index >= 15 is 0 Å². The number of benzene rings is 3. The van der Waals surface area contributed by atoms with E-state index in [0.29, 0.717) is 18.5 Å². The number of rotatable bonds is 6. The second-order valence-electron chi connectivity index (χ2n) is 10.4. The van der Waals surface area contributed by atoms with Crippen LogP contribution in [0.3, 0.4) is 0 Å². The lowest BCUT2D eigenvalue weighted by molar-refractivity contribution is -0.133. The molecule has 0 radical (unpaired) electrons. The van der Waals surface area contributed by atoms with Crippen molar-refractivity contribution >= 4 is 28.6 Å². The molecule has 192 valence electrons. The molecular weight excluding hydrogens is 476 g/mol. The minimum atomic E-state index is -0.741. The Balaban J connectivity index is 1.32. The zero-order chi connectivity index (χ0) is 26.4. The Kier molecular flexibility index (Phi) is 5.98. The summed E-state index contributed by atoms with van der Waals surface area (Å²) >= 11 is 0. The van der Waals surface area contributed by atoms with Gasteiger partial charge in [-0.1, -0.05) is 80.6 Å². The number of aromatic amines is 1. The van der Waals surface area contributed by atoms with Gasteiger partial charge in [-0.25, -0.2) is 0 Å². The van der Waals surface area contributed by atoms with Crippen LogP contribution < -0.4 is 10.6 Å². The minimum absolute atomic E-state index is 0.135. The van der Waals surface area contributed by atoms with Gasteiger partial charge in [0, 0.05) is 35.1 Å². The van der Waals surface area contributed by atoms with Gasteiger partial charge in [-0.2, -0.15) is 0 Å². The molecule has 3 atom stereocenters. The Hall–Kier alpha value is -4.39. The van der Waals surface area contributed by atoms with Crippen LogP contribution in [0.1, 0.15) is 52.6 Å². The van der Waals surface area contributed by atoms with E-state index in [4.69, 9.17) is 0 Å². The van der Waals surface area contributed by atoms with Crippen molar-refractivity contribution in [3.05, 3.63) is 107 Å². The Labute approximate surface area is 221 Å². The number of hydrogen-bond acceptors (Lipinski definition) is 3. The van der Waals surface area contributed by atoms with Gasteiger partial charge >= 0.3 is 0 Å². The largest absolute Gasteiger partial charge is 0.356 e. The second kappa shape index (κ2) is 9.49. The first-order valence-electron chi connectivity index (χ1n) is 13.1. The lowest BCUT2D eigenvalue weighted by Crippen LogP contribution is -2.57. The zero-order valence-electron chi connectivity index (χ0n) is 21.4. The van der Waals surface area contributed by atoms with Gasteiger partial charge in [-0.3, -0.25) is 14.4 Å². The van der Waals surface area contributed by atoms with Gasteiger partial charge in [0.25, 0.3) is 5.91 Å². The Morgan fingerprint density at radius 2 is 1.68 bits per heavy atom. The number of carbonyl (C=O) groups is 3. The number of para-hydroxylation sites is 1. The maximum atomic E-state index is 13.9. The van der Waals surface area contributed by atoms with Crippen molar-refractivity contribution in [1.29, 1.82) is 0 Å². The number of nitrogens with one attached hydrogen (secondary N) is 3. The summed E-state index contributed by atoms with van der Waals surface area (Å²) in [7, 11) is 0. The highest BCUT2D eigenvalue weighted by atomic mass is 16.2. The van der Waals surface area contributed by atoms with E-state index in [1.165, 1.54) is 0 Å². The topological polar surface area (TPSA) is 94.3 Å². The molecule has 1 aromatic heterocycles. The van der Waals surface area contributed by atoms with Crippen LogP contribution in [0.2, 0.25) is 0 Å². The molecule has 7 nitrogen and oxygen atoms in total. The summed E-state index contributed by atoms with van der Waals surface area (Å²) in [6, 6.07) is 23.4. The normalized spacial score (nSPS) is 18.6. The molecule has 7 heteroatoms. The quantitative estimate of drug-likeness (QED) is 0.368. The molecule has 3 unspecified atom stereocenters. The van der Waals surface area contributed by atoms with E-state index in [1.54, 1.807) is 4.90 Å². The van der Waals surface area contributed by atoms with Crippen molar-refractivity contribution < 1.29 is 14.4 Å². The molecule has 3 heterocycles. The fourth-order valence-electron chi connectivity index (χ4n) is 5.82. The molecule has 2 aliphatic heterocycles. The summed E-state index contributed by atoms with van der Waals surface area (Å²) in [5.41, 5.74) is 5.47. The summed E-state index contributed by atoms with van der Waals surface area (Å²) in [6.45, 7) is 4.19. The fourth-order valence-corrected chi connectivity index (χ4v) is 5.82. The second-order valence-corrected chi connectivity index (χ2v) is 10.4. The van der Waals surface area contributed by atoms with E-state index in [-0.39, 0.29) is 29.7 Å². The van der Waals surface area contributed by atoms with E-state index in [0.717, 1.165) is 33.3 Å². The Morgan fingerprint density at radius 1 is 0.974 bits per heavy atom. The van der Waals surface area contributed by atoms with Gasteiger partial charge in [-0.05, 0) is 34.7 Å². The lowest BCUT2D eigenvalue weighted by atomic mass is 9.89. The van der Waals surface area contributed by atoms with Crippen LogP contribution in [0.15, 0.2) is 78.9 Å². The molecule has 0 bridgehead atoms. The van der Waals surface area contributed by atoms with E-state index in [2.05, 4.69) is 15.6 Å². The highest BCUT2D eigenvalue weighted by Crippen LogP contribution is 2.46. The summed E-state index contributed by atoms with van der Waals surface area (Å²) in [5, 5.41) is 7.01. The third-order valence-corrected chi connectivity index (χ3v) is 7.71. The number of amides is 3. The molecule has 0 saturated heterocycles. The van der Waals surface area contributed by atoms with Crippen LogP contribution in [0.5, 0.6) is 0 Å². The van der Waals surface area contributed by atoms with Crippen LogP contribution in [-0.4, -0.2) is 39.7 Å².